The van der Waals surface area contributed by atoms with Gasteiger partial charge in [0.05, 0.1) is 0 Å². The topological polar surface area (TPSA) is 15.3 Å². The SMILES string of the molecule is CN(C)CCCNCl. The molecule has 1 N–H and O–H groups in total. The Morgan fingerprint density at radius 3 is 2.50 bits per heavy atom. The number of hydrogen-bond donors (Lipinski definition) is 1. The number of nitrogens with zero attached hydrogens (tertiary/aromatic N) is 1. The number of rotatable bonds is 4. The smallest absolute Gasteiger partial charge is 0.0120 e. The van der Waals surface area contributed by atoms with Crippen molar-refractivity contribution in [1.29, 1.82) is 0 Å². The average Bonchev–Trinajstić information content (AvgIpc) is 1.66. The minimum absolute atomic E-state index is 0.889. The van der Waals surface area contributed by atoms with Crippen LogP contribution in [0.25, 0.3) is 0 Å². The molecule has 3 heteroatoms. The fourth-order valence-corrected chi connectivity index (χ4v) is 0.596. The number of nitrogens with one attached hydrogen (secondary N) is 1. The van der Waals surface area contributed by atoms with Crippen LogP contribution < -0.4 is 4.84 Å². The molecule has 0 bridgehead atoms. The van der Waals surface area contributed by atoms with E-state index in [0.29, 0.717) is 0 Å². The summed E-state index contributed by atoms with van der Waals surface area (Å²) in [7, 11) is 4.10. The third kappa shape index (κ3) is 6.21. The summed E-state index contributed by atoms with van der Waals surface area (Å²) >= 11 is 5.22. The standard InChI is InChI=1S/C5H13ClN2/c1-8(2)5-3-4-7-6/h7H,3-5H2,1-2H3. The summed E-state index contributed by atoms with van der Waals surface area (Å²) in [5.41, 5.74) is 0. The molecule has 0 saturated carbocycles. The predicted octanol–water partition coefficient (Wildman–Crippen LogP) is 0.681. The highest BCUT2D eigenvalue weighted by molar-refractivity contribution is 6.13. The number of halogens is 1. The van der Waals surface area contributed by atoms with Crippen LogP contribution in [0.1, 0.15) is 6.42 Å². The summed E-state index contributed by atoms with van der Waals surface area (Å²) in [6, 6.07) is 0. The summed E-state index contributed by atoms with van der Waals surface area (Å²) in [5.74, 6) is 0. The second kappa shape index (κ2) is 5.35. The van der Waals surface area contributed by atoms with E-state index in [1.54, 1.807) is 0 Å². The first-order valence-electron chi connectivity index (χ1n) is 2.75. The normalized spacial score (nSPS) is 10.5. The van der Waals surface area contributed by atoms with Gasteiger partial charge < -0.3 is 4.90 Å². The van der Waals surface area contributed by atoms with E-state index in [4.69, 9.17) is 11.8 Å². The zero-order valence-electron chi connectivity index (χ0n) is 5.45. The Hall–Kier alpha value is 0.210. The van der Waals surface area contributed by atoms with E-state index in [2.05, 4.69) is 9.74 Å². The third-order valence-electron chi connectivity index (χ3n) is 0.877. The van der Waals surface area contributed by atoms with E-state index in [0.717, 1.165) is 19.5 Å². The van der Waals surface area contributed by atoms with Crippen molar-refractivity contribution in [3.8, 4) is 0 Å². The highest BCUT2D eigenvalue weighted by Crippen LogP contribution is 1.80. The van der Waals surface area contributed by atoms with E-state index in [1.165, 1.54) is 0 Å². The Kier molecular flexibility index (Phi) is 5.49. The Bertz CT molecular complexity index is 47.7. The Morgan fingerprint density at radius 1 is 1.50 bits per heavy atom. The molecule has 2 nitrogen and oxygen atoms in total. The monoisotopic (exact) mass is 136 g/mol. The maximum absolute atomic E-state index is 5.22. The molecular formula is C5H13ClN2. The molecule has 0 spiro atoms. The van der Waals surface area contributed by atoms with Gasteiger partial charge in [-0.2, -0.15) is 0 Å². The van der Waals surface area contributed by atoms with E-state index in [9.17, 15) is 0 Å². The molecule has 0 atom stereocenters. The van der Waals surface area contributed by atoms with Crippen LogP contribution in [0.5, 0.6) is 0 Å². The second-order valence-electron chi connectivity index (χ2n) is 2.04. The minimum atomic E-state index is 0.889. The van der Waals surface area contributed by atoms with E-state index in [-0.39, 0.29) is 0 Å². The second-order valence-corrected chi connectivity index (χ2v) is 2.31. The lowest BCUT2D eigenvalue weighted by molar-refractivity contribution is 0.401. The lowest BCUT2D eigenvalue weighted by atomic mass is 10.4. The third-order valence-corrected chi connectivity index (χ3v) is 1.07. The van der Waals surface area contributed by atoms with Crippen molar-refractivity contribution in [2.24, 2.45) is 0 Å². The van der Waals surface area contributed by atoms with Gasteiger partial charge >= 0.3 is 0 Å². The van der Waals surface area contributed by atoms with Crippen LogP contribution in [-0.2, 0) is 0 Å². The molecular weight excluding hydrogens is 124 g/mol. The fourth-order valence-electron chi connectivity index (χ4n) is 0.462. The van der Waals surface area contributed by atoms with Gasteiger partial charge in [-0.1, -0.05) is 0 Å². The van der Waals surface area contributed by atoms with E-state index >= 15 is 0 Å². The summed E-state index contributed by atoms with van der Waals surface area (Å²) in [4.78, 5) is 4.70. The molecule has 0 heterocycles. The van der Waals surface area contributed by atoms with Crippen LogP contribution in [0, 0.1) is 0 Å². The van der Waals surface area contributed by atoms with Crippen LogP contribution in [0.3, 0.4) is 0 Å². The summed E-state index contributed by atoms with van der Waals surface area (Å²) in [6.45, 7) is 1.99. The molecule has 0 amide bonds. The largest absolute Gasteiger partial charge is 0.309 e. The minimum Gasteiger partial charge on any atom is -0.309 e. The Labute approximate surface area is 55.9 Å². The van der Waals surface area contributed by atoms with Crippen molar-refractivity contribution in [3.05, 3.63) is 0 Å². The summed E-state index contributed by atoms with van der Waals surface area (Å²) in [6.07, 6.45) is 1.11. The van der Waals surface area contributed by atoms with Gasteiger partial charge in [-0.15, -0.1) is 0 Å². The van der Waals surface area contributed by atoms with Gasteiger partial charge in [0.25, 0.3) is 0 Å². The fraction of sp³-hybridized carbons (Fsp3) is 1.00. The van der Waals surface area contributed by atoms with Crippen molar-refractivity contribution < 1.29 is 0 Å². The molecule has 0 aliphatic carbocycles. The van der Waals surface area contributed by atoms with Gasteiger partial charge in [0, 0.05) is 6.54 Å². The zero-order chi connectivity index (χ0) is 6.41. The molecule has 0 aromatic carbocycles. The van der Waals surface area contributed by atoms with Gasteiger partial charge in [-0.05, 0) is 38.8 Å². The number of hydrogen-bond acceptors (Lipinski definition) is 2. The highest BCUT2D eigenvalue weighted by atomic mass is 35.5. The van der Waals surface area contributed by atoms with Gasteiger partial charge in [0.15, 0.2) is 0 Å². The molecule has 0 saturated heterocycles. The molecule has 0 aliphatic heterocycles. The average molecular weight is 137 g/mol. The van der Waals surface area contributed by atoms with Crippen molar-refractivity contribution in [3.63, 3.8) is 0 Å². The maximum Gasteiger partial charge on any atom is 0.0120 e. The maximum atomic E-state index is 5.22. The van der Waals surface area contributed by atoms with Crippen LogP contribution in [0.2, 0.25) is 0 Å². The highest BCUT2D eigenvalue weighted by Gasteiger charge is 1.86. The lowest BCUT2D eigenvalue weighted by Crippen LogP contribution is -2.16. The molecule has 0 fully saturated rings. The van der Waals surface area contributed by atoms with Gasteiger partial charge in [-0.25, -0.2) is 4.84 Å². The van der Waals surface area contributed by atoms with Crippen molar-refractivity contribution in [2.45, 2.75) is 6.42 Å². The van der Waals surface area contributed by atoms with Gasteiger partial charge in [-0.3, -0.25) is 0 Å². The predicted molar refractivity (Wildman–Crippen MR) is 37.0 cm³/mol. The van der Waals surface area contributed by atoms with E-state index in [1.807, 2.05) is 14.1 Å². The Balaban J connectivity index is 2.72. The van der Waals surface area contributed by atoms with Crippen LogP contribution in [0.15, 0.2) is 0 Å². The molecule has 0 unspecified atom stereocenters. The molecule has 50 valence electrons. The summed E-state index contributed by atoms with van der Waals surface area (Å²) in [5, 5.41) is 0. The van der Waals surface area contributed by atoms with Crippen molar-refractivity contribution >= 4 is 11.8 Å². The van der Waals surface area contributed by atoms with E-state index < -0.39 is 0 Å². The van der Waals surface area contributed by atoms with Crippen LogP contribution in [-0.4, -0.2) is 32.1 Å². The van der Waals surface area contributed by atoms with Crippen LogP contribution >= 0.6 is 11.8 Å². The lowest BCUT2D eigenvalue weighted by Gasteiger charge is -2.06. The first-order chi connectivity index (χ1) is 3.77. The van der Waals surface area contributed by atoms with Crippen molar-refractivity contribution in [1.82, 2.24) is 9.74 Å². The summed E-state index contributed by atoms with van der Waals surface area (Å²) < 4.78 is 0. The molecule has 0 radical (unpaired) electrons. The van der Waals surface area contributed by atoms with Gasteiger partial charge in [0.2, 0.25) is 0 Å². The quantitative estimate of drug-likeness (QED) is 0.452. The van der Waals surface area contributed by atoms with Gasteiger partial charge in [0.1, 0.15) is 0 Å². The Morgan fingerprint density at radius 2 is 2.12 bits per heavy atom. The van der Waals surface area contributed by atoms with Crippen molar-refractivity contribution in [2.75, 3.05) is 27.2 Å². The molecule has 0 aromatic rings. The first-order valence-corrected chi connectivity index (χ1v) is 3.13. The molecule has 0 rings (SSSR count). The molecule has 0 aromatic heterocycles. The molecule has 8 heavy (non-hydrogen) atoms. The first kappa shape index (κ1) is 8.21. The van der Waals surface area contributed by atoms with Crippen LogP contribution in [0.4, 0.5) is 0 Å². The molecule has 0 aliphatic rings. The zero-order valence-corrected chi connectivity index (χ0v) is 6.20.